The van der Waals surface area contributed by atoms with Crippen LogP contribution in [0.2, 0.25) is 0 Å². The van der Waals surface area contributed by atoms with E-state index in [0.717, 1.165) is 22.8 Å². The normalized spacial score (nSPS) is 18.1. The van der Waals surface area contributed by atoms with E-state index in [1.807, 2.05) is 37.4 Å². The fraction of sp³-hybridized carbons (Fsp3) is 0.353. The second kappa shape index (κ2) is 4.97. The van der Waals surface area contributed by atoms with E-state index in [9.17, 15) is 0 Å². The summed E-state index contributed by atoms with van der Waals surface area (Å²) in [5.41, 5.74) is 3.36. The fourth-order valence-corrected chi connectivity index (χ4v) is 4.51. The van der Waals surface area contributed by atoms with Gasteiger partial charge in [-0.15, -0.1) is 11.3 Å². The molecule has 1 N–H and O–H groups in total. The van der Waals surface area contributed by atoms with Crippen LogP contribution in [0.1, 0.15) is 35.2 Å². The van der Waals surface area contributed by atoms with E-state index >= 15 is 0 Å². The third-order valence-electron chi connectivity index (χ3n) is 4.29. The molecule has 1 aliphatic rings. The van der Waals surface area contributed by atoms with Gasteiger partial charge < -0.3 is 9.73 Å². The number of nitrogens with one attached hydrogen (secondary N) is 1. The Labute approximate surface area is 128 Å². The van der Waals surface area contributed by atoms with Crippen LogP contribution < -0.4 is 5.32 Å². The second-order valence-electron chi connectivity index (χ2n) is 5.59. The Morgan fingerprint density at radius 1 is 1.33 bits per heavy atom. The second-order valence-corrected chi connectivity index (χ2v) is 6.67. The minimum atomic E-state index is 0.400. The van der Waals surface area contributed by atoms with E-state index in [0.29, 0.717) is 6.04 Å². The van der Waals surface area contributed by atoms with Crippen LogP contribution >= 0.6 is 11.3 Å². The van der Waals surface area contributed by atoms with Crippen LogP contribution in [0.25, 0.3) is 21.5 Å². The smallest absolute Gasteiger partial charge is 0.135 e. The summed E-state index contributed by atoms with van der Waals surface area (Å²) in [6.45, 7) is 2.03. The lowest BCUT2D eigenvalue weighted by Crippen LogP contribution is -2.21. The molecule has 0 aliphatic heterocycles. The molecule has 1 aromatic carbocycles. The lowest BCUT2D eigenvalue weighted by atomic mass is 9.98. The van der Waals surface area contributed by atoms with Crippen molar-refractivity contribution < 1.29 is 4.42 Å². The van der Waals surface area contributed by atoms with Gasteiger partial charge in [-0.05, 0) is 39.3 Å². The van der Waals surface area contributed by atoms with Crippen LogP contribution in [0.3, 0.4) is 0 Å². The van der Waals surface area contributed by atoms with E-state index in [2.05, 4.69) is 17.4 Å². The summed E-state index contributed by atoms with van der Waals surface area (Å²) >= 11 is 1.83. The summed E-state index contributed by atoms with van der Waals surface area (Å²) in [4.78, 5) is 6.38. The van der Waals surface area contributed by atoms with Gasteiger partial charge in [-0.25, -0.2) is 4.98 Å². The zero-order valence-electron chi connectivity index (χ0n) is 12.3. The molecule has 0 saturated heterocycles. The molecule has 1 aliphatic carbocycles. The van der Waals surface area contributed by atoms with Crippen molar-refractivity contribution in [3.05, 3.63) is 40.6 Å². The molecule has 3 nitrogen and oxygen atoms in total. The van der Waals surface area contributed by atoms with E-state index < -0.39 is 0 Å². The average Bonchev–Trinajstić information content (AvgIpc) is 3.05. The molecule has 2 heterocycles. The molecule has 4 heteroatoms. The Kier molecular flexibility index (Phi) is 3.08. The molecule has 4 rings (SSSR count). The SMILES string of the molecule is CNC1CCCc2sc(-c3c(C)oc4ccccc34)nc21. The van der Waals surface area contributed by atoms with Crippen molar-refractivity contribution in [1.29, 1.82) is 0 Å². The van der Waals surface area contributed by atoms with Crippen molar-refractivity contribution in [1.82, 2.24) is 10.3 Å². The third-order valence-corrected chi connectivity index (χ3v) is 5.44. The molecule has 0 radical (unpaired) electrons. The summed E-state index contributed by atoms with van der Waals surface area (Å²) in [5.74, 6) is 0.961. The van der Waals surface area contributed by atoms with Crippen LogP contribution in [0.5, 0.6) is 0 Å². The highest BCUT2D eigenvalue weighted by atomic mass is 32.1. The first-order valence-electron chi connectivity index (χ1n) is 7.43. The lowest BCUT2D eigenvalue weighted by molar-refractivity contribution is 0.490. The maximum absolute atomic E-state index is 5.89. The molecule has 0 saturated carbocycles. The molecule has 0 fully saturated rings. The van der Waals surface area contributed by atoms with E-state index in [1.165, 1.54) is 34.4 Å². The van der Waals surface area contributed by atoms with Gasteiger partial charge in [0, 0.05) is 10.3 Å². The van der Waals surface area contributed by atoms with E-state index in [-0.39, 0.29) is 0 Å². The van der Waals surface area contributed by atoms with Crippen molar-refractivity contribution in [2.75, 3.05) is 7.05 Å². The fourth-order valence-electron chi connectivity index (χ4n) is 3.24. The molecule has 0 spiro atoms. The lowest BCUT2D eigenvalue weighted by Gasteiger charge is -2.19. The summed E-state index contributed by atoms with van der Waals surface area (Å²) in [5, 5.41) is 5.66. The van der Waals surface area contributed by atoms with Crippen LogP contribution in [0, 0.1) is 6.92 Å². The highest BCUT2D eigenvalue weighted by molar-refractivity contribution is 7.15. The van der Waals surface area contributed by atoms with Gasteiger partial charge in [0.1, 0.15) is 16.4 Å². The molecular formula is C17H18N2OS. The minimum absolute atomic E-state index is 0.400. The Morgan fingerprint density at radius 3 is 3.05 bits per heavy atom. The number of rotatable bonds is 2. The summed E-state index contributed by atoms with van der Waals surface area (Å²) < 4.78 is 5.89. The molecular weight excluding hydrogens is 280 g/mol. The average molecular weight is 298 g/mol. The first-order chi connectivity index (χ1) is 10.3. The number of hydrogen-bond acceptors (Lipinski definition) is 4. The Balaban J connectivity index is 1.90. The molecule has 1 unspecified atom stereocenters. The third kappa shape index (κ3) is 2.01. The van der Waals surface area contributed by atoms with Crippen LogP contribution in [0.15, 0.2) is 28.7 Å². The summed E-state index contributed by atoms with van der Waals surface area (Å²) in [6, 6.07) is 8.62. The first kappa shape index (κ1) is 13.0. The molecule has 108 valence electrons. The topological polar surface area (TPSA) is 38.1 Å². The highest BCUT2D eigenvalue weighted by Gasteiger charge is 2.25. The first-order valence-corrected chi connectivity index (χ1v) is 8.25. The van der Waals surface area contributed by atoms with Gasteiger partial charge in [-0.1, -0.05) is 18.2 Å². The van der Waals surface area contributed by atoms with Crippen molar-refractivity contribution >= 4 is 22.3 Å². The molecule has 3 aromatic rings. The van der Waals surface area contributed by atoms with Crippen LogP contribution in [-0.2, 0) is 6.42 Å². The quantitative estimate of drug-likeness (QED) is 0.759. The Bertz CT molecular complexity index is 802. The van der Waals surface area contributed by atoms with E-state index in [4.69, 9.17) is 9.40 Å². The molecule has 21 heavy (non-hydrogen) atoms. The zero-order chi connectivity index (χ0) is 14.4. The maximum atomic E-state index is 5.89. The monoisotopic (exact) mass is 298 g/mol. The van der Waals surface area contributed by atoms with Crippen molar-refractivity contribution in [3.8, 4) is 10.6 Å². The molecule has 0 amide bonds. The van der Waals surface area contributed by atoms with Crippen molar-refractivity contribution in [2.24, 2.45) is 0 Å². The number of nitrogens with zero attached hydrogens (tertiary/aromatic N) is 1. The van der Waals surface area contributed by atoms with Gasteiger partial charge in [-0.2, -0.15) is 0 Å². The molecule has 2 aromatic heterocycles. The van der Waals surface area contributed by atoms with Gasteiger partial charge in [0.05, 0.1) is 17.3 Å². The van der Waals surface area contributed by atoms with Crippen molar-refractivity contribution in [2.45, 2.75) is 32.2 Å². The number of aryl methyl sites for hydroxylation is 2. The number of benzene rings is 1. The molecule has 0 bridgehead atoms. The van der Waals surface area contributed by atoms with Crippen LogP contribution in [-0.4, -0.2) is 12.0 Å². The van der Waals surface area contributed by atoms with Gasteiger partial charge in [-0.3, -0.25) is 0 Å². The number of furan rings is 1. The van der Waals surface area contributed by atoms with Gasteiger partial charge in [0.15, 0.2) is 0 Å². The van der Waals surface area contributed by atoms with Gasteiger partial charge in [0.2, 0.25) is 0 Å². The number of aromatic nitrogens is 1. The largest absolute Gasteiger partial charge is 0.461 e. The van der Waals surface area contributed by atoms with Gasteiger partial charge >= 0.3 is 0 Å². The standard InChI is InChI=1S/C17H18N2OS/c1-10-15(11-6-3-4-8-13(11)20-10)17-19-16-12(18-2)7-5-9-14(16)21-17/h3-4,6,8,12,18H,5,7,9H2,1-2H3. The van der Waals surface area contributed by atoms with Gasteiger partial charge in [0.25, 0.3) is 0 Å². The summed E-state index contributed by atoms with van der Waals surface area (Å²) in [7, 11) is 2.03. The Morgan fingerprint density at radius 2 is 2.19 bits per heavy atom. The molecule has 1 atom stereocenters. The maximum Gasteiger partial charge on any atom is 0.135 e. The number of fused-ring (bicyclic) bond motifs is 2. The number of hydrogen-bond donors (Lipinski definition) is 1. The summed E-state index contributed by atoms with van der Waals surface area (Å²) in [6.07, 6.45) is 3.57. The predicted octanol–water partition coefficient (Wildman–Crippen LogP) is 4.46. The number of para-hydroxylation sites is 1. The zero-order valence-corrected chi connectivity index (χ0v) is 13.1. The Hall–Kier alpha value is -1.65. The van der Waals surface area contributed by atoms with E-state index in [1.54, 1.807) is 0 Å². The van der Waals surface area contributed by atoms with Crippen LogP contribution in [0.4, 0.5) is 0 Å². The van der Waals surface area contributed by atoms with Crippen molar-refractivity contribution in [3.63, 3.8) is 0 Å². The highest BCUT2D eigenvalue weighted by Crippen LogP contribution is 2.41. The number of thiazole rings is 1. The minimum Gasteiger partial charge on any atom is -0.461 e. The predicted molar refractivity (Wildman–Crippen MR) is 86.8 cm³/mol.